The fourth-order valence-electron chi connectivity index (χ4n) is 2.26. The van der Waals surface area contributed by atoms with Gasteiger partial charge in [-0.05, 0) is 27.1 Å². The standard InChI is InChI=1S/C9H16N2O2.2C2H6/c1-10-5-3-4-9(7-10)11(2)6-8(12)13-9;2*1-2/h3-7H2,1-2H3;2*1-2H3. The molecule has 4 heteroatoms. The molecule has 2 aliphatic rings. The van der Waals surface area contributed by atoms with E-state index in [2.05, 4.69) is 11.9 Å². The maximum absolute atomic E-state index is 11.2. The molecule has 1 unspecified atom stereocenters. The van der Waals surface area contributed by atoms with Crippen LogP contribution in [0.25, 0.3) is 0 Å². The highest BCUT2D eigenvalue weighted by molar-refractivity contribution is 5.74. The van der Waals surface area contributed by atoms with Gasteiger partial charge >= 0.3 is 5.97 Å². The van der Waals surface area contributed by atoms with Gasteiger partial charge in [0.1, 0.15) is 0 Å². The molecule has 17 heavy (non-hydrogen) atoms. The quantitative estimate of drug-likeness (QED) is 0.610. The second kappa shape index (κ2) is 7.67. The number of hydrogen-bond donors (Lipinski definition) is 0. The molecular weight excluding hydrogens is 216 g/mol. The van der Waals surface area contributed by atoms with Crippen molar-refractivity contribution in [1.29, 1.82) is 0 Å². The van der Waals surface area contributed by atoms with Crippen molar-refractivity contribution in [2.45, 2.75) is 46.3 Å². The summed E-state index contributed by atoms with van der Waals surface area (Å²) in [7, 11) is 4.03. The lowest BCUT2D eigenvalue weighted by molar-refractivity contribution is -0.160. The summed E-state index contributed by atoms with van der Waals surface area (Å²) in [4.78, 5) is 15.4. The highest BCUT2D eigenvalue weighted by Gasteiger charge is 2.47. The first-order valence-corrected chi connectivity index (χ1v) is 6.74. The molecule has 2 aliphatic heterocycles. The smallest absolute Gasteiger partial charge is 0.322 e. The van der Waals surface area contributed by atoms with E-state index in [0.717, 1.165) is 25.9 Å². The average molecular weight is 244 g/mol. The summed E-state index contributed by atoms with van der Waals surface area (Å²) >= 11 is 0. The molecule has 2 heterocycles. The lowest BCUT2D eigenvalue weighted by Gasteiger charge is -2.40. The minimum Gasteiger partial charge on any atom is -0.441 e. The van der Waals surface area contributed by atoms with E-state index in [4.69, 9.17) is 4.74 Å². The molecule has 2 fully saturated rings. The van der Waals surface area contributed by atoms with Gasteiger partial charge in [-0.25, -0.2) is 0 Å². The topological polar surface area (TPSA) is 32.8 Å². The zero-order chi connectivity index (χ0) is 13.5. The maximum atomic E-state index is 11.2. The van der Waals surface area contributed by atoms with Gasteiger partial charge in [0.05, 0.1) is 13.1 Å². The molecular formula is C13H28N2O2. The predicted octanol–water partition coefficient (Wildman–Crippen LogP) is 1.95. The van der Waals surface area contributed by atoms with E-state index >= 15 is 0 Å². The molecule has 2 saturated heterocycles. The van der Waals surface area contributed by atoms with Crippen LogP contribution < -0.4 is 0 Å². The van der Waals surface area contributed by atoms with E-state index in [-0.39, 0.29) is 11.7 Å². The number of carbonyl (C=O) groups excluding carboxylic acids is 1. The summed E-state index contributed by atoms with van der Waals surface area (Å²) < 4.78 is 5.42. The van der Waals surface area contributed by atoms with Crippen molar-refractivity contribution in [3.05, 3.63) is 0 Å². The van der Waals surface area contributed by atoms with Crippen LogP contribution in [0.5, 0.6) is 0 Å². The van der Waals surface area contributed by atoms with Crippen molar-refractivity contribution in [3.63, 3.8) is 0 Å². The van der Waals surface area contributed by atoms with E-state index in [0.29, 0.717) is 6.54 Å². The minimum atomic E-state index is -0.315. The molecule has 102 valence electrons. The zero-order valence-corrected chi connectivity index (χ0v) is 12.2. The van der Waals surface area contributed by atoms with Crippen molar-refractivity contribution in [2.24, 2.45) is 0 Å². The molecule has 0 aromatic heterocycles. The molecule has 0 bridgehead atoms. The van der Waals surface area contributed by atoms with Crippen LogP contribution in [0.2, 0.25) is 0 Å². The largest absolute Gasteiger partial charge is 0.441 e. The van der Waals surface area contributed by atoms with Crippen molar-refractivity contribution in [1.82, 2.24) is 9.80 Å². The van der Waals surface area contributed by atoms with Crippen molar-refractivity contribution in [3.8, 4) is 0 Å². The van der Waals surface area contributed by atoms with E-state index in [1.165, 1.54) is 0 Å². The number of nitrogens with zero attached hydrogens (tertiary/aromatic N) is 2. The van der Waals surface area contributed by atoms with Crippen LogP contribution in [-0.4, -0.2) is 55.2 Å². The van der Waals surface area contributed by atoms with Crippen LogP contribution >= 0.6 is 0 Å². The molecule has 0 aromatic carbocycles. The number of esters is 1. The van der Waals surface area contributed by atoms with Gasteiger partial charge in [-0.3, -0.25) is 9.69 Å². The van der Waals surface area contributed by atoms with Crippen molar-refractivity contribution >= 4 is 5.97 Å². The Kier molecular flexibility index (Phi) is 7.39. The molecule has 0 N–H and O–H groups in total. The highest BCUT2D eigenvalue weighted by Crippen LogP contribution is 2.31. The fourth-order valence-corrected chi connectivity index (χ4v) is 2.26. The van der Waals surface area contributed by atoms with E-state index in [9.17, 15) is 4.79 Å². The van der Waals surface area contributed by atoms with Gasteiger partial charge < -0.3 is 9.64 Å². The summed E-state index contributed by atoms with van der Waals surface area (Å²) in [6.45, 7) is 10.4. The minimum absolute atomic E-state index is 0.0854. The van der Waals surface area contributed by atoms with Crippen LogP contribution in [0.1, 0.15) is 40.5 Å². The number of ether oxygens (including phenoxy) is 1. The van der Waals surface area contributed by atoms with Crippen molar-refractivity contribution in [2.75, 3.05) is 33.7 Å². The molecule has 0 amide bonds. The highest BCUT2D eigenvalue weighted by atomic mass is 16.6. The second-order valence-electron chi connectivity index (χ2n) is 4.12. The SMILES string of the molecule is CC.CC.CN1CCCC2(C1)OC(=O)CN2C. The van der Waals surface area contributed by atoms with Gasteiger partial charge in [-0.15, -0.1) is 0 Å². The third-order valence-corrected chi connectivity index (χ3v) is 2.99. The number of hydrogen-bond acceptors (Lipinski definition) is 4. The maximum Gasteiger partial charge on any atom is 0.322 e. The fraction of sp³-hybridized carbons (Fsp3) is 0.923. The van der Waals surface area contributed by atoms with Crippen LogP contribution in [0, 0.1) is 0 Å². The lowest BCUT2D eigenvalue weighted by Crippen LogP contribution is -2.54. The van der Waals surface area contributed by atoms with Gasteiger partial charge in [-0.2, -0.15) is 0 Å². The van der Waals surface area contributed by atoms with Crippen molar-refractivity contribution < 1.29 is 9.53 Å². The number of rotatable bonds is 0. The molecule has 4 nitrogen and oxygen atoms in total. The first kappa shape index (κ1) is 16.4. The van der Waals surface area contributed by atoms with Gasteiger partial charge in [-0.1, -0.05) is 27.7 Å². The zero-order valence-electron chi connectivity index (χ0n) is 12.2. The predicted molar refractivity (Wildman–Crippen MR) is 70.9 cm³/mol. The van der Waals surface area contributed by atoms with E-state index in [1.807, 2.05) is 39.6 Å². The third-order valence-electron chi connectivity index (χ3n) is 2.99. The molecule has 0 radical (unpaired) electrons. The van der Waals surface area contributed by atoms with Crippen LogP contribution in [0.4, 0.5) is 0 Å². The molecule has 0 aromatic rings. The van der Waals surface area contributed by atoms with Gasteiger partial charge in [0.15, 0.2) is 5.72 Å². The summed E-state index contributed by atoms with van der Waals surface area (Å²) in [5, 5.41) is 0. The summed E-state index contributed by atoms with van der Waals surface area (Å²) in [6.07, 6.45) is 2.08. The van der Waals surface area contributed by atoms with E-state index < -0.39 is 0 Å². The first-order chi connectivity index (χ1) is 8.12. The molecule has 0 aliphatic carbocycles. The Bertz CT molecular complexity index is 233. The lowest BCUT2D eigenvalue weighted by atomic mass is 10.0. The first-order valence-electron chi connectivity index (χ1n) is 6.74. The average Bonchev–Trinajstić information content (AvgIpc) is 2.59. The van der Waals surface area contributed by atoms with E-state index in [1.54, 1.807) is 0 Å². The Hall–Kier alpha value is -0.610. The number of carbonyl (C=O) groups is 1. The Morgan fingerprint density at radius 2 is 1.76 bits per heavy atom. The van der Waals surface area contributed by atoms with Crippen LogP contribution in [0.15, 0.2) is 0 Å². The molecule has 1 spiro atoms. The van der Waals surface area contributed by atoms with Gasteiger partial charge in [0, 0.05) is 6.42 Å². The molecule has 2 rings (SSSR count). The molecule has 0 saturated carbocycles. The monoisotopic (exact) mass is 244 g/mol. The number of likely N-dealkylation sites (tertiary alicyclic amines) is 1. The Balaban J connectivity index is 0.000000581. The van der Waals surface area contributed by atoms with Crippen LogP contribution in [-0.2, 0) is 9.53 Å². The Labute approximate surface area is 106 Å². The molecule has 1 atom stereocenters. The Morgan fingerprint density at radius 1 is 1.18 bits per heavy atom. The summed E-state index contributed by atoms with van der Waals surface area (Å²) in [6, 6.07) is 0. The summed E-state index contributed by atoms with van der Waals surface area (Å²) in [5.41, 5.74) is -0.315. The number of piperidine rings is 1. The number of likely N-dealkylation sites (N-methyl/N-ethyl adjacent to an activating group) is 2. The summed E-state index contributed by atoms with van der Waals surface area (Å²) in [5.74, 6) is -0.0854. The Morgan fingerprint density at radius 3 is 2.18 bits per heavy atom. The van der Waals surface area contributed by atoms with Gasteiger partial charge in [0.25, 0.3) is 0 Å². The third kappa shape index (κ3) is 3.96. The van der Waals surface area contributed by atoms with Crippen LogP contribution in [0.3, 0.4) is 0 Å². The second-order valence-corrected chi connectivity index (χ2v) is 4.12. The van der Waals surface area contributed by atoms with Gasteiger partial charge in [0.2, 0.25) is 0 Å². The normalized spacial score (nSPS) is 28.9.